The molecule has 1 N–H and O–H groups in total. The molecule has 3 nitrogen and oxygen atoms in total. The van der Waals surface area contributed by atoms with Crippen LogP contribution in [0.15, 0.2) is 48.5 Å². The first-order valence-electron chi connectivity index (χ1n) is 7.98. The lowest BCUT2D eigenvalue weighted by molar-refractivity contribution is 0.102. The van der Waals surface area contributed by atoms with Crippen molar-refractivity contribution in [2.24, 2.45) is 0 Å². The molecular formula is C19H19NO2. The topological polar surface area (TPSA) is 38.3 Å². The summed E-state index contributed by atoms with van der Waals surface area (Å²) in [7, 11) is 0. The van der Waals surface area contributed by atoms with Crippen molar-refractivity contribution in [3.05, 3.63) is 59.7 Å². The Morgan fingerprint density at radius 3 is 2.73 bits per heavy atom. The first-order chi connectivity index (χ1) is 10.8. The van der Waals surface area contributed by atoms with Crippen LogP contribution in [0.5, 0.6) is 5.75 Å². The van der Waals surface area contributed by atoms with Crippen molar-refractivity contribution in [3.8, 4) is 5.75 Å². The lowest BCUT2D eigenvalue weighted by Gasteiger charge is -2.23. The third kappa shape index (κ3) is 2.37. The van der Waals surface area contributed by atoms with Crippen LogP contribution in [0.2, 0.25) is 0 Å². The highest BCUT2D eigenvalue weighted by molar-refractivity contribution is 6.04. The van der Waals surface area contributed by atoms with E-state index in [0.29, 0.717) is 17.6 Å². The third-order valence-corrected chi connectivity index (χ3v) is 4.68. The molecule has 1 amide bonds. The van der Waals surface area contributed by atoms with Crippen molar-refractivity contribution in [2.45, 2.75) is 37.7 Å². The van der Waals surface area contributed by atoms with E-state index < -0.39 is 0 Å². The monoisotopic (exact) mass is 293 g/mol. The van der Waals surface area contributed by atoms with Crippen LogP contribution >= 0.6 is 0 Å². The number of ether oxygens (including phenoxy) is 1. The van der Waals surface area contributed by atoms with E-state index in [1.54, 1.807) is 0 Å². The molecule has 0 aromatic heterocycles. The maximum atomic E-state index is 12.3. The molecule has 0 radical (unpaired) electrons. The molecule has 2 aromatic carbocycles. The summed E-state index contributed by atoms with van der Waals surface area (Å²) in [5.41, 5.74) is 2.78. The zero-order valence-electron chi connectivity index (χ0n) is 12.4. The van der Waals surface area contributed by atoms with Crippen LogP contribution in [0.3, 0.4) is 0 Å². The maximum absolute atomic E-state index is 12.3. The van der Waals surface area contributed by atoms with Gasteiger partial charge < -0.3 is 10.1 Å². The normalized spacial score (nSPS) is 22.4. The average molecular weight is 293 g/mol. The molecule has 1 aliphatic carbocycles. The van der Waals surface area contributed by atoms with Crippen LogP contribution in [0.1, 0.15) is 47.5 Å². The second-order valence-corrected chi connectivity index (χ2v) is 6.12. The van der Waals surface area contributed by atoms with Crippen LogP contribution in [-0.2, 0) is 0 Å². The Labute approximate surface area is 130 Å². The summed E-state index contributed by atoms with van der Waals surface area (Å²) in [5.74, 6) is 1.42. The Balaban J connectivity index is 1.56. The van der Waals surface area contributed by atoms with E-state index >= 15 is 0 Å². The van der Waals surface area contributed by atoms with Crippen molar-refractivity contribution in [1.29, 1.82) is 0 Å². The lowest BCUT2D eigenvalue weighted by Crippen LogP contribution is -2.22. The standard InChI is InChI=1S/C19H19NO2/c21-19(13-6-2-1-3-7-13)20-14-10-11-18-16(12-14)15-8-4-5-9-17(15)22-18/h1-3,6-7,10-12,15,17H,4-5,8-9H2,(H,20,21). The quantitative estimate of drug-likeness (QED) is 0.893. The number of fused-ring (bicyclic) bond motifs is 3. The van der Waals surface area contributed by atoms with Gasteiger partial charge in [0.1, 0.15) is 11.9 Å². The summed E-state index contributed by atoms with van der Waals surface area (Å²) in [6.07, 6.45) is 5.19. The molecule has 1 saturated carbocycles. The number of carbonyl (C=O) groups excluding carboxylic acids is 1. The smallest absolute Gasteiger partial charge is 0.255 e. The highest BCUT2D eigenvalue weighted by Gasteiger charge is 2.36. The van der Waals surface area contributed by atoms with E-state index in [4.69, 9.17) is 4.74 Å². The summed E-state index contributed by atoms with van der Waals surface area (Å²) in [6.45, 7) is 0. The molecule has 2 aliphatic rings. The maximum Gasteiger partial charge on any atom is 0.255 e. The first kappa shape index (κ1) is 13.4. The van der Waals surface area contributed by atoms with Crippen LogP contribution in [0, 0.1) is 0 Å². The largest absolute Gasteiger partial charge is 0.489 e. The molecule has 2 atom stereocenters. The fourth-order valence-corrected chi connectivity index (χ4v) is 3.57. The molecule has 1 fully saturated rings. The van der Waals surface area contributed by atoms with Crippen molar-refractivity contribution in [2.75, 3.05) is 5.32 Å². The van der Waals surface area contributed by atoms with Gasteiger partial charge in [0, 0.05) is 22.7 Å². The van der Waals surface area contributed by atoms with E-state index in [9.17, 15) is 4.79 Å². The molecule has 0 spiro atoms. The second-order valence-electron chi connectivity index (χ2n) is 6.12. The van der Waals surface area contributed by atoms with Crippen molar-refractivity contribution in [3.63, 3.8) is 0 Å². The van der Waals surface area contributed by atoms with E-state index in [2.05, 4.69) is 11.4 Å². The summed E-state index contributed by atoms with van der Waals surface area (Å²) >= 11 is 0. The van der Waals surface area contributed by atoms with Crippen molar-refractivity contribution in [1.82, 2.24) is 0 Å². The van der Waals surface area contributed by atoms with Gasteiger partial charge >= 0.3 is 0 Å². The van der Waals surface area contributed by atoms with Gasteiger partial charge in [-0.15, -0.1) is 0 Å². The minimum Gasteiger partial charge on any atom is -0.489 e. The molecule has 2 aromatic rings. The van der Waals surface area contributed by atoms with E-state index in [-0.39, 0.29) is 5.91 Å². The van der Waals surface area contributed by atoms with E-state index in [0.717, 1.165) is 17.9 Å². The Bertz CT molecular complexity index is 696. The molecule has 1 heterocycles. The number of amides is 1. The SMILES string of the molecule is O=C(Nc1ccc2c(c1)C1CCCCC1O2)c1ccccc1. The predicted octanol–water partition coefficient (Wildman–Crippen LogP) is 4.36. The average Bonchev–Trinajstić information content (AvgIpc) is 2.94. The van der Waals surface area contributed by atoms with Crippen LogP contribution < -0.4 is 10.1 Å². The highest BCUT2D eigenvalue weighted by atomic mass is 16.5. The molecule has 4 rings (SSSR count). The Kier molecular flexibility index (Phi) is 3.34. The number of hydrogen-bond donors (Lipinski definition) is 1. The summed E-state index contributed by atoms with van der Waals surface area (Å²) in [5, 5.41) is 2.99. The minimum atomic E-state index is -0.0698. The summed E-state index contributed by atoms with van der Waals surface area (Å²) < 4.78 is 6.04. The van der Waals surface area contributed by atoms with E-state index in [1.807, 2.05) is 42.5 Å². The summed E-state index contributed by atoms with van der Waals surface area (Å²) in [4.78, 5) is 12.3. The molecule has 0 saturated heterocycles. The minimum absolute atomic E-state index is 0.0698. The number of benzene rings is 2. The number of carbonyl (C=O) groups is 1. The van der Waals surface area contributed by atoms with Crippen molar-refractivity contribution >= 4 is 11.6 Å². The second kappa shape index (κ2) is 5.48. The zero-order chi connectivity index (χ0) is 14.9. The van der Waals surface area contributed by atoms with Gasteiger partial charge in [0.15, 0.2) is 0 Å². The number of hydrogen-bond acceptors (Lipinski definition) is 2. The molecule has 2 unspecified atom stereocenters. The molecule has 3 heteroatoms. The van der Waals surface area contributed by atoms with Crippen LogP contribution in [-0.4, -0.2) is 12.0 Å². The van der Waals surface area contributed by atoms with Gasteiger partial charge in [-0.2, -0.15) is 0 Å². The van der Waals surface area contributed by atoms with Crippen LogP contribution in [0.25, 0.3) is 0 Å². The lowest BCUT2D eigenvalue weighted by atomic mass is 9.83. The number of rotatable bonds is 2. The Morgan fingerprint density at radius 2 is 1.86 bits per heavy atom. The van der Waals surface area contributed by atoms with Crippen LogP contribution in [0.4, 0.5) is 5.69 Å². The molecule has 0 bridgehead atoms. The molecule has 1 aliphatic heterocycles. The first-order valence-corrected chi connectivity index (χ1v) is 7.98. The third-order valence-electron chi connectivity index (χ3n) is 4.68. The van der Waals surface area contributed by atoms with Gasteiger partial charge in [-0.3, -0.25) is 4.79 Å². The zero-order valence-corrected chi connectivity index (χ0v) is 12.4. The van der Waals surface area contributed by atoms with E-state index in [1.165, 1.54) is 24.8 Å². The Hall–Kier alpha value is -2.29. The highest BCUT2D eigenvalue weighted by Crippen LogP contribution is 2.46. The summed E-state index contributed by atoms with van der Waals surface area (Å²) in [6, 6.07) is 15.3. The van der Waals surface area contributed by atoms with Gasteiger partial charge in [-0.1, -0.05) is 24.6 Å². The fourth-order valence-electron chi connectivity index (χ4n) is 3.57. The Morgan fingerprint density at radius 1 is 1.05 bits per heavy atom. The van der Waals surface area contributed by atoms with Gasteiger partial charge in [-0.25, -0.2) is 0 Å². The fraction of sp³-hybridized carbons (Fsp3) is 0.316. The molecular weight excluding hydrogens is 274 g/mol. The van der Waals surface area contributed by atoms with Gasteiger partial charge in [0.25, 0.3) is 5.91 Å². The predicted molar refractivity (Wildman–Crippen MR) is 86.5 cm³/mol. The molecule has 112 valence electrons. The van der Waals surface area contributed by atoms with Crippen molar-refractivity contribution < 1.29 is 9.53 Å². The number of anilines is 1. The van der Waals surface area contributed by atoms with Gasteiger partial charge in [0.05, 0.1) is 0 Å². The number of nitrogens with one attached hydrogen (secondary N) is 1. The van der Waals surface area contributed by atoms with Gasteiger partial charge in [-0.05, 0) is 49.6 Å². The molecule has 22 heavy (non-hydrogen) atoms. The van der Waals surface area contributed by atoms with Gasteiger partial charge in [0.2, 0.25) is 0 Å².